The van der Waals surface area contributed by atoms with Gasteiger partial charge in [0.1, 0.15) is 0 Å². The molecule has 0 nitrogen and oxygen atoms in total. The zero-order valence-electron chi connectivity index (χ0n) is 8.55. The van der Waals surface area contributed by atoms with Crippen molar-refractivity contribution in [2.45, 2.75) is 41.0 Å². The number of hydrogen-bond donors (Lipinski definition) is 0. The summed E-state index contributed by atoms with van der Waals surface area (Å²) in [6, 6.07) is 0. The summed E-state index contributed by atoms with van der Waals surface area (Å²) in [6.45, 7) is 13.5. The monoisotopic (exact) mass is 402 g/mol. The van der Waals surface area contributed by atoms with Crippen molar-refractivity contribution in [3.05, 3.63) is 19.8 Å². The van der Waals surface area contributed by atoms with Crippen LogP contribution in [0.4, 0.5) is 0 Å². The SMILES string of the molecule is C[CH-]C.C[CH-]C.[CH2-]CC.[W].[Y]. The zero-order valence-corrected chi connectivity index (χ0v) is 14.3. The summed E-state index contributed by atoms with van der Waals surface area (Å²) in [5.41, 5.74) is 0. The van der Waals surface area contributed by atoms with Crippen LogP contribution in [0.5, 0.6) is 0 Å². The Morgan fingerprint density at radius 2 is 1.00 bits per heavy atom. The van der Waals surface area contributed by atoms with Crippen molar-refractivity contribution in [3.63, 3.8) is 0 Å². The average Bonchev–Trinajstić information content (AvgIpc) is 1.70. The van der Waals surface area contributed by atoms with Gasteiger partial charge in [-0.1, -0.05) is 6.92 Å². The maximum absolute atomic E-state index is 3.49. The molecule has 0 heterocycles. The van der Waals surface area contributed by atoms with Gasteiger partial charge >= 0.3 is 0 Å². The minimum Gasteiger partial charge on any atom is -0.344 e. The van der Waals surface area contributed by atoms with E-state index in [9.17, 15) is 0 Å². The third-order valence-corrected chi connectivity index (χ3v) is 0. The van der Waals surface area contributed by atoms with E-state index in [0.717, 1.165) is 6.42 Å². The van der Waals surface area contributed by atoms with Crippen LogP contribution in [-0.4, -0.2) is 0 Å². The van der Waals surface area contributed by atoms with Crippen molar-refractivity contribution in [2.75, 3.05) is 0 Å². The zero-order chi connectivity index (χ0) is 8.12. The second-order valence-corrected chi connectivity index (χ2v) is 1.65. The van der Waals surface area contributed by atoms with Crippen molar-refractivity contribution in [1.29, 1.82) is 0 Å². The Hall–Kier alpha value is 1.79. The molecular formula is C9H21WY-3. The normalized spacial score (nSPS) is 4.91. The van der Waals surface area contributed by atoms with Crippen LogP contribution >= 0.6 is 0 Å². The molecule has 0 aliphatic rings. The van der Waals surface area contributed by atoms with Crippen LogP contribution in [0.3, 0.4) is 0 Å². The first kappa shape index (κ1) is 29.3. The van der Waals surface area contributed by atoms with E-state index in [1.54, 1.807) is 0 Å². The van der Waals surface area contributed by atoms with Gasteiger partial charge in [-0.2, -0.15) is 34.1 Å². The summed E-state index contributed by atoms with van der Waals surface area (Å²) < 4.78 is 0. The van der Waals surface area contributed by atoms with E-state index in [1.165, 1.54) is 0 Å². The first-order valence-electron chi connectivity index (χ1n) is 3.52. The van der Waals surface area contributed by atoms with Crippen LogP contribution < -0.4 is 0 Å². The van der Waals surface area contributed by atoms with E-state index in [-0.39, 0.29) is 53.8 Å². The molecule has 0 aliphatic heterocycles. The average molecular weight is 402 g/mol. The third kappa shape index (κ3) is 352. The molecule has 0 aromatic rings. The maximum atomic E-state index is 3.49. The molecule has 0 spiro atoms. The van der Waals surface area contributed by atoms with Crippen molar-refractivity contribution >= 4 is 0 Å². The molecule has 2 heteroatoms. The number of hydrogen-bond acceptors (Lipinski definition) is 0. The molecule has 0 amide bonds. The van der Waals surface area contributed by atoms with Crippen molar-refractivity contribution in [3.8, 4) is 0 Å². The number of rotatable bonds is 0. The summed E-state index contributed by atoms with van der Waals surface area (Å²) in [7, 11) is 0. The molecule has 0 saturated heterocycles. The van der Waals surface area contributed by atoms with Crippen molar-refractivity contribution in [2.24, 2.45) is 0 Å². The molecular weight excluding hydrogens is 381 g/mol. The minimum atomic E-state index is 0. The molecule has 0 bridgehead atoms. The molecule has 0 rings (SSSR count). The fourth-order valence-corrected chi connectivity index (χ4v) is 0. The van der Waals surface area contributed by atoms with Crippen LogP contribution in [0.1, 0.15) is 41.0 Å². The van der Waals surface area contributed by atoms with E-state index in [1.807, 2.05) is 47.5 Å². The van der Waals surface area contributed by atoms with Crippen LogP contribution in [-0.2, 0) is 53.8 Å². The Kier molecular flexibility index (Phi) is 159. The van der Waals surface area contributed by atoms with Crippen LogP contribution in [0.2, 0.25) is 0 Å². The Morgan fingerprint density at radius 1 is 1.00 bits per heavy atom. The Bertz CT molecular complexity index is 14.3. The van der Waals surface area contributed by atoms with Crippen LogP contribution in [0.25, 0.3) is 0 Å². The summed E-state index contributed by atoms with van der Waals surface area (Å²) >= 11 is 0. The van der Waals surface area contributed by atoms with Gasteiger partial charge in [0, 0.05) is 53.8 Å². The molecule has 69 valence electrons. The van der Waals surface area contributed by atoms with E-state index in [2.05, 4.69) is 6.92 Å². The first-order chi connectivity index (χ1) is 4.24. The van der Waals surface area contributed by atoms with Gasteiger partial charge in [0.15, 0.2) is 0 Å². The van der Waals surface area contributed by atoms with Gasteiger partial charge in [-0.05, 0) is 0 Å². The Balaban J connectivity index is -0.0000000150. The van der Waals surface area contributed by atoms with E-state index in [4.69, 9.17) is 0 Å². The van der Waals surface area contributed by atoms with Crippen LogP contribution in [0.15, 0.2) is 0 Å². The fraction of sp³-hybridized carbons (Fsp3) is 0.667. The Labute approximate surface area is 113 Å². The largest absolute Gasteiger partial charge is 0.344 e. The molecule has 0 atom stereocenters. The van der Waals surface area contributed by atoms with Gasteiger partial charge in [0.2, 0.25) is 0 Å². The predicted octanol–water partition coefficient (Wildman–Crippen LogP) is 3.69. The van der Waals surface area contributed by atoms with Crippen molar-refractivity contribution in [1.82, 2.24) is 0 Å². The van der Waals surface area contributed by atoms with Gasteiger partial charge in [-0.15, -0.1) is 0 Å². The molecule has 0 unspecified atom stereocenters. The summed E-state index contributed by atoms with van der Waals surface area (Å²) in [6.07, 6.45) is 5.00. The van der Waals surface area contributed by atoms with Gasteiger partial charge in [0.05, 0.1) is 0 Å². The van der Waals surface area contributed by atoms with Crippen LogP contribution in [0, 0.1) is 19.8 Å². The van der Waals surface area contributed by atoms with E-state index < -0.39 is 0 Å². The van der Waals surface area contributed by atoms with Gasteiger partial charge < -0.3 is 19.8 Å². The predicted molar refractivity (Wildman–Crippen MR) is 46.9 cm³/mol. The van der Waals surface area contributed by atoms with E-state index in [0.29, 0.717) is 0 Å². The minimum absolute atomic E-state index is 0. The van der Waals surface area contributed by atoms with Gasteiger partial charge in [-0.3, -0.25) is 0 Å². The standard InChI is InChI=1S/3C3H7.W.Y/c3*1-3-2;;/h2*3H,1-2H3;1,3H2,2H3;;/q3*-1;;. The first-order valence-corrected chi connectivity index (χ1v) is 3.52. The molecule has 0 aliphatic carbocycles. The quantitative estimate of drug-likeness (QED) is 0.543. The summed E-state index contributed by atoms with van der Waals surface area (Å²) in [5.74, 6) is 0. The molecule has 0 fully saturated rings. The topological polar surface area (TPSA) is 0 Å². The molecule has 0 saturated carbocycles. The molecule has 0 N–H and O–H groups in total. The molecule has 1 radical (unpaired) electrons. The van der Waals surface area contributed by atoms with Crippen molar-refractivity contribution < 1.29 is 53.8 Å². The summed E-state index contributed by atoms with van der Waals surface area (Å²) in [4.78, 5) is 0. The molecule has 0 aromatic heterocycles. The molecule has 0 aromatic carbocycles. The second kappa shape index (κ2) is 59.8. The molecule has 11 heavy (non-hydrogen) atoms. The third-order valence-electron chi connectivity index (χ3n) is 0. The van der Waals surface area contributed by atoms with E-state index >= 15 is 0 Å². The smallest absolute Gasteiger partial charge is 0 e. The summed E-state index contributed by atoms with van der Waals surface area (Å²) in [5, 5.41) is 0. The van der Waals surface area contributed by atoms with Gasteiger partial charge in [0.25, 0.3) is 0 Å². The van der Waals surface area contributed by atoms with Gasteiger partial charge in [-0.25, -0.2) is 0 Å². The maximum Gasteiger partial charge on any atom is 0 e. The fourth-order valence-electron chi connectivity index (χ4n) is 0. The second-order valence-electron chi connectivity index (χ2n) is 1.65. The Morgan fingerprint density at radius 3 is 1.00 bits per heavy atom.